The zero-order valence-corrected chi connectivity index (χ0v) is 15.9. The van der Waals surface area contributed by atoms with Crippen molar-refractivity contribution in [3.05, 3.63) is 88.9 Å². The van der Waals surface area contributed by atoms with Crippen LogP contribution in [0.15, 0.2) is 88.2 Å². The quantitative estimate of drug-likeness (QED) is 0.625. The smallest absolute Gasteiger partial charge is 0.261 e. The molecule has 5 nitrogen and oxygen atoms in total. The highest BCUT2D eigenvalue weighted by Crippen LogP contribution is 2.19. The minimum absolute atomic E-state index is 0.0837. The molecule has 0 aliphatic carbocycles. The summed E-state index contributed by atoms with van der Waals surface area (Å²) in [6.07, 6.45) is 0. The predicted octanol–water partition coefficient (Wildman–Crippen LogP) is 4.50. The molecule has 0 spiro atoms. The zero-order valence-electron chi connectivity index (χ0n) is 13.5. The van der Waals surface area contributed by atoms with Gasteiger partial charge in [-0.05, 0) is 54.6 Å². The Hall–Kier alpha value is -2.64. The summed E-state index contributed by atoms with van der Waals surface area (Å²) in [6.45, 7) is 0. The molecule has 7 heteroatoms. The van der Waals surface area contributed by atoms with Crippen LogP contribution < -0.4 is 10.0 Å². The van der Waals surface area contributed by atoms with Crippen molar-refractivity contribution in [3.63, 3.8) is 0 Å². The number of halogens is 1. The fraction of sp³-hybridized carbons (Fsp3) is 0. The highest BCUT2D eigenvalue weighted by atomic mass is 79.9. The Bertz CT molecular complexity index is 1020. The van der Waals surface area contributed by atoms with E-state index in [-0.39, 0.29) is 10.8 Å². The highest BCUT2D eigenvalue weighted by Gasteiger charge is 2.15. The molecule has 26 heavy (non-hydrogen) atoms. The molecule has 0 fully saturated rings. The van der Waals surface area contributed by atoms with Crippen LogP contribution in [0.2, 0.25) is 0 Å². The van der Waals surface area contributed by atoms with Gasteiger partial charge in [0.1, 0.15) is 0 Å². The van der Waals surface area contributed by atoms with E-state index >= 15 is 0 Å². The number of hydrogen-bond acceptors (Lipinski definition) is 3. The fourth-order valence-corrected chi connectivity index (χ4v) is 3.73. The Morgan fingerprint density at radius 1 is 0.808 bits per heavy atom. The molecule has 132 valence electrons. The molecule has 3 aromatic rings. The minimum atomic E-state index is -3.71. The number of benzene rings is 3. The van der Waals surface area contributed by atoms with Gasteiger partial charge >= 0.3 is 0 Å². The van der Waals surface area contributed by atoms with E-state index in [1.807, 2.05) is 12.1 Å². The van der Waals surface area contributed by atoms with Crippen molar-refractivity contribution in [2.45, 2.75) is 4.90 Å². The van der Waals surface area contributed by atoms with Crippen molar-refractivity contribution in [2.24, 2.45) is 0 Å². The van der Waals surface area contributed by atoms with Crippen LogP contribution in [0.25, 0.3) is 0 Å². The molecule has 0 saturated heterocycles. The first kappa shape index (κ1) is 18.2. The molecule has 1 amide bonds. The Morgan fingerprint density at radius 3 is 2.12 bits per heavy atom. The Morgan fingerprint density at radius 2 is 1.46 bits per heavy atom. The molecule has 0 bridgehead atoms. The van der Waals surface area contributed by atoms with Gasteiger partial charge in [0.2, 0.25) is 0 Å². The van der Waals surface area contributed by atoms with E-state index < -0.39 is 10.0 Å². The van der Waals surface area contributed by atoms with E-state index in [4.69, 9.17) is 0 Å². The normalized spacial score (nSPS) is 11.0. The number of sulfonamides is 1. The molecule has 3 rings (SSSR count). The molecule has 0 aromatic heterocycles. The van der Waals surface area contributed by atoms with Crippen LogP contribution in [0.4, 0.5) is 11.4 Å². The summed E-state index contributed by atoms with van der Waals surface area (Å²) in [5, 5.41) is 2.76. The van der Waals surface area contributed by atoms with E-state index in [0.717, 1.165) is 4.47 Å². The largest absolute Gasteiger partial charge is 0.322 e. The zero-order chi connectivity index (χ0) is 18.6. The maximum Gasteiger partial charge on any atom is 0.261 e. The number of amides is 1. The van der Waals surface area contributed by atoms with Crippen molar-refractivity contribution in [3.8, 4) is 0 Å². The molecule has 0 aliphatic heterocycles. The van der Waals surface area contributed by atoms with E-state index in [2.05, 4.69) is 26.0 Å². The molecule has 0 unspecified atom stereocenters. The molecule has 0 aliphatic rings. The molecule has 0 saturated carbocycles. The average molecular weight is 431 g/mol. The summed E-state index contributed by atoms with van der Waals surface area (Å²) >= 11 is 3.34. The van der Waals surface area contributed by atoms with Crippen LogP contribution in [0, 0.1) is 0 Å². The van der Waals surface area contributed by atoms with Crippen LogP contribution in [0.5, 0.6) is 0 Å². The summed E-state index contributed by atoms with van der Waals surface area (Å²) in [5.41, 5.74) is 1.49. The van der Waals surface area contributed by atoms with E-state index in [1.54, 1.807) is 42.5 Å². The van der Waals surface area contributed by atoms with E-state index in [1.165, 1.54) is 24.3 Å². The Balaban J connectivity index is 1.74. The number of rotatable bonds is 5. The van der Waals surface area contributed by atoms with Crippen molar-refractivity contribution in [1.29, 1.82) is 0 Å². The maximum absolute atomic E-state index is 12.4. The van der Waals surface area contributed by atoms with Gasteiger partial charge in [0.15, 0.2) is 0 Å². The number of nitrogens with one attached hydrogen (secondary N) is 2. The number of hydrogen-bond donors (Lipinski definition) is 2. The first-order chi connectivity index (χ1) is 12.4. The average Bonchev–Trinajstić information content (AvgIpc) is 2.62. The summed E-state index contributed by atoms with van der Waals surface area (Å²) in [4.78, 5) is 12.4. The van der Waals surface area contributed by atoms with Crippen LogP contribution >= 0.6 is 15.9 Å². The molecule has 3 aromatic carbocycles. The van der Waals surface area contributed by atoms with Crippen LogP contribution in [0.3, 0.4) is 0 Å². The Kier molecular flexibility index (Phi) is 5.39. The highest BCUT2D eigenvalue weighted by molar-refractivity contribution is 9.10. The van der Waals surface area contributed by atoms with Crippen LogP contribution in [-0.2, 0) is 10.0 Å². The van der Waals surface area contributed by atoms with E-state index in [9.17, 15) is 13.2 Å². The summed E-state index contributed by atoms with van der Waals surface area (Å²) in [6, 6.07) is 21.6. The lowest BCUT2D eigenvalue weighted by atomic mass is 10.2. The topological polar surface area (TPSA) is 75.3 Å². The van der Waals surface area contributed by atoms with Crippen LogP contribution in [0.1, 0.15) is 10.4 Å². The Labute approximate surface area is 160 Å². The van der Waals surface area contributed by atoms with Gasteiger partial charge in [-0.15, -0.1) is 0 Å². The SMILES string of the molecule is O=C(Nc1cccc(Br)c1)c1ccc(S(=O)(=O)Nc2ccccc2)cc1. The fourth-order valence-electron chi connectivity index (χ4n) is 2.28. The number of carbonyl (C=O) groups excluding carboxylic acids is 1. The predicted molar refractivity (Wildman–Crippen MR) is 106 cm³/mol. The number of para-hydroxylation sites is 1. The second kappa shape index (κ2) is 7.72. The standard InChI is InChI=1S/C19H15BrN2O3S/c20-15-5-4-8-17(13-15)21-19(23)14-9-11-18(12-10-14)26(24,25)22-16-6-2-1-3-7-16/h1-13,22H,(H,21,23). The summed E-state index contributed by atoms with van der Waals surface area (Å²) in [5.74, 6) is -0.317. The van der Waals surface area contributed by atoms with Gasteiger partial charge in [0, 0.05) is 21.4 Å². The third-order valence-electron chi connectivity index (χ3n) is 3.54. The van der Waals surface area contributed by atoms with E-state index in [0.29, 0.717) is 16.9 Å². The minimum Gasteiger partial charge on any atom is -0.322 e. The second-order valence-corrected chi connectivity index (χ2v) is 8.06. The number of carbonyl (C=O) groups is 1. The van der Waals surface area contributed by atoms with Crippen molar-refractivity contribution in [2.75, 3.05) is 10.0 Å². The first-order valence-corrected chi connectivity index (χ1v) is 9.96. The van der Waals surface area contributed by atoms with Gasteiger partial charge in [0.25, 0.3) is 15.9 Å². The molecule has 0 atom stereocenters. The lowest BCUT2D eigenvalue weighted by Gasteiger charge is -2.09. The molecule has 0 radical (unpaired) electrons. The van der Waals surface area contributed by atoms with Crippen molar-refractivity contribution >= 4 is 43.2 Å². The summed E-state index contributed by atoms with van der Waals surface area (Å²) in [7, 11) is -3.71. The third kappa shape index (κ3) is 4.50. The van der Waals surface area contributed by atoms with Gasteiger partial charge in [-0.3, -0.25) is 9.52 Å². The van der Waals surface area contributed by atoms with Gasteiger partial charge in [-0.1, -0.05) is 40.2 Å². The van der Waals surface area contributed by atoms with Gasteiger partial charge in [-0.25, -0.2) is 8.42 Å². The van der Waals surface area contributed by atoms with Gasteiger partial charge < -0.3 is 5.32 Å². The maximum atomic E-state index is 12.4. The molecule has 2 N–H and O–H groups in total. The third-order valence-corrected chi connectivity index (χ3v) is 5.43. The lowest BCUT2D eigenvalue weighted by Crippen LogP contribution is -2.14. The van der Waals surface area contributed by atoms with Crippen LogP contribution in [-0.4, -0.2) is 14.3 Å². The second-order valence-electron chi connectivity index (χ2n) is 5.46. The number of anilines is 2. The molecular weight excluding hydrogens is 416 g/mol. The summed E-state index contributed by atoms with van der Waals surface area (Å²) < 4.78 is 28.1. The molecule has 0 heterocycles. The van der Waals surface area contributed by atoms with Gasteiger partial charge in [-0.2, -0.15) is 0 Å². The molecular formula is C19H15BrN2O3S. The monoisotopic (exact) mass is 430 g/mol. The van der Waals surface area contributed by atoms with Crippen molar-refractivity contribution in [1.82, 2.24) is 0 Å². The first-order valence-electron chi connectivity index (χ1n) is 7.69. The lowest BCUT2D eigenvalue weighted by molar-refractivity contribution is 0.102. The van der Waals surface area contributed by atoms with Crippen molar-refractivity contribution < 1.29 is 13.2 Å². The van der Waals surface area contributed by atoms with Gasteiger partial charge in [0.05, 0.1) is 4.90 Å².